The molecule has 0 radical (unpaired) electrons. The number of carbonyl (C=O) groups excluding carboxylic acids is 1. The van der Waals surface area contributed by atoms with Crippen LogP contribution in [-0.2, 0) is 4.79 Å². The van der Waals surface area contributed by atoms with Crippen molar-refractivity contribution in [2.24, 2.45) is 0 Å². The normalized spacial score (nSPS) is 11.4. The Morgan fingerprint density at radius 1 is 1.20 bits per heavy atom. The van der Waals surface area contributed by atoms with Crippen LogP contribution in [0.2, 0.25) is 9.36 Å². The summed E-state index contributed by atoms with van der Waals surface area (Å²) in [5.74, 6) is 0.264. The molecule has 0 atom stereocenters. The van der Waals surface area contributed by atoms with E-state index in [1.165, 1.54) is 12.1 Å². The summed E-state index contributed by atoms with van der Waals surface area (Å²) in [6.07, 6.45) is 4.65. The van der Waals surface area contributed by atoms with E-state index in [0.717, 1.165) is 13.0 Å². The van der Waals surface area contributed by atoms with E-state index in [1.807, 2.05) is 13.0 Å². The van der Waals surface area contributed by atoms with Gasteiger partial charge < -0.3 is 0 Å². The summed E-state index contributed by atoms with van der Waals surface area (Å²) in [5, 5.41) is 0. The number of carbonyl (C=O) groups is 1. The molecular weight excluding hydrogens is 289 g/mol. The zero-order valence-corrected chi connectivity index (χ0v) is 14.1. The molecule has 0 heterocycles. The first kappa shape index (κ1) is 15.1. The minimum atomic E-state index is -1.51. The van der Waals surface area contributed by atoms with E-state index >= 15 is 0 Å². The Labute approximate surface area is 103 Å². The summed E-state index contributed by atoms with van der Waals surface area (Å²) in [4.78, 5) is 11.4. The van der Waals surface area contributed by atoms with Crippen molar-refractivity contribution >= 4 is 27.5 Å². The molecule has 0 saturated heterocycles. The molecule has 0 aliphatic carbocycles. The third-order valence-corrected chi connectivity index (χ3v) is 7.74. The molecular formula is C12H24InNO. The zero-order chi connectivity index (χ0) is 11.8. The van der Waals surface area contributed by atoms with Crippen LogP contribution in [0.4, 0.5) is 0 Å². The first-order chi connectivity index (χ1) is 7.06. The van der Waals surface area contributed by atoms with Crippen LogP contribution in [0.3, 0.4) is 0 Å². The second kappa shape index (κ2) is 8.26. The molecule has 15 heavy (non-hydrogen) atoms. The standard InChI is InChI=1S/C10H19NO.2CH3.In/c1-4-7-11-9(5-2)8-10(12)6-3;;;/h8H,4-7H2,1-3H3,(H,11,12);2*1H3;/q;;;+1/p-1. The predicted molar refractivity (Wildman–Crippen MR) is 68.2 cm³/mol. The van der Waals surface area contributed by atoms with Crippen LogP contribution in [0.15, 0.2) is 11.8 Å². The van der Waals surface area contributed by atoms with E-state index in [9.17, 15) is 4.79 Å². The number of nitrogens with zero attached hydrogens (tertiary/aromatic N) is 1. The van der Waals surface area contributed by atoms with Gasteiger partial charge in [-0.15, -0.1) is 0 Å². The molecule has 0 amide bonds. The molecule has 0 fully saturated rings. The molecule has 0 saturated carbocycles. The van der Waals surface area contributed by atoms with Gasteiger partial charge in [-0.05, 0) is 0 Å². The molecule has 0 rings (SSSR count). The zero-order valence-electron chi connectivity index (χ0n) is 10.8. The number of hydrogen-bond donors (Lipinski definition) is 0. The van der Waals surface area contributed by atoms with Crippen LogP contribution in [0.1, 0.15) is 40.0 Å². The van der Waals surface area contributed by atoms with Gasteiger partial charge in [0.1, 0.15) is 0 Å². The fourth-order valence-electron chi connectivity index (χ4n) is 1.65. The first-order valence-corrected chi connectivity index (χ1v) is 14.1. The van der Waals surface area contributed by atoms with Crippen LogP contribution >= 0.6 is 0 Å². The molecule has 0 unspecified atom stereocenters. The Hall–Kier alpha value is 0.0801. The van der Waals surface area contributed by atoms with E-state index in [0.29, 0.717) is 6.42 Å². The Morgan fingerprint density at radius 2 is 1.80 bits per heavy atom. The van der Waals surface area contributed by atoms with Crippen molar-refractivity contribution in [2.75, 3.05) is 6.54 Å². The molecule has 0 aliphatic heterocycles. The maximum atomic E-state index is 11.4. The second-order valence-corrected chi connectivity index (χ2v) is 12.1. The first-order valence-electron chi connectivity index (χ1n) is 6.06. The molecule has 0 aromatic carbocycles. The van der Waals surface area contributed by atoms with Crippen LogP contribution < -0.4 is 0 Å². The van der Waals surface area contributed by atoms with Crippen molar-refractivity contribution < 1.29 is 4.79 Å². The molecule has 0 aromatic heterocycles. The summed E-state index contributed by atoms with van der Waals surface area (Å²) in [7, 11) is 0. The summed E-state index contributed by atoms with van der Waals surface area (Å²) < 4.78 is 7.31. The van der Waals surface area contributed by atoms with E-state index in [2.05, 4.69) is 26.1 Å². The van der Waals surface area contributed by atoms with Gasteiger partial charge in [0, 0.05) is 0 Å². The summed E-state index contributed by atoms with van der Waals surface area (Å²) in [6.45, 7) is 7.40. The fourth-order valence-corrected chi connectivity index (χ4v) is 6.49. The monoisotopic (exact) mass is 313 g/mol. The Bertz CT molecular complexity index is 224. The Kier molecular flexibility index (Phi) is 8.30. The maximum absolute atomic E-state index is 11.4. The molecule has 0 N–H and O–H groups in total. The summed E-state index contributed by atoms with van der Waals surface area (Å²) in [5.41, 5.74) is 1.27. The number of allylic oxidation sites excluding steroid dienone is 2. The summed E-state index contributed by atoms with van der Waals surface area (Å²) >= 11 is -1.51. The molecule has 0 aliphatic rings. The Balaban J connectivity index is 4.72. The minimum absolute atomic E-state index is 0.264. The van der Waals surface area contributed by atoms with Crippen molar-refractivity contribution in [1.29, 1.82) is 0 Å². The van der Waals surface area contributed by atoms with E-state index in [1.54, 1.807) is 0 Å². The van der Waals surface area contributed by atoms with Gasteiger partial charge >= 0.3 is 103 Å². The third-order valence-electron chi connectivity index (χ3n) is 2.50. The van der Waals surface area contributed by atoms with Gasteiger partial charge in [0.05, 0.1) is 0 Å². The second-order valence-electron chi connectivity index (χ2n) is 4.10. The average Bonchev–Trinajstić information content (AvgIpc) is 2.22. The fraction of sp³-hybridized carbons (Fsp3) is 0.750. The van der Waals surface area contributed by atoms with Crippen molar-refractivity contribution in [1.82, 2.24) is 2.89 Å². The SMILES string of the molecule is CCC[N](/C(=C\C(=O)CC)CC)[In]([CH3])[CH3]. The van der Waals surface area contributed by atoms with Crippen molar-refractivity contribution in [2.45, 2.75) is 49.4 Å². The van der Waals surface area contributed by atoms with Crippen molar-refractivity contribution in [3.63, 3.8) is 0 Å². The van der Waals surface area contributed by atoms with Crippen molar-refractivity contribution in [3.8, 4) is 0 Å². The van der Waals surface area contributed by atoms with Crippen LogP contribution in [0.5, 0.6) is 0 Å². The topological polar surface area (TPSA) is 20.3 Å². The number of ketones is 1. The van der Waals surface area contributed by atoms with E-state index in [-0.39, 0.29) is 5.78 Å². The van der Waals surface area contributed by atoms with E-state index in [4.69, 9.17) is 0 Å². The molecule has 2 nitrogen and oxygen atoms in total. The van der Waals surface area contributed by atoms with Gasteiger partial charge in [0.15, 0.2) is 0 Å². The van der Waals surface area contributed by atoms with Gasteiger partial charge in [-0.1, -0.05) is 0 Å². The van der Waals surface area contributed by atoms with Gasteiger partial charge in [-0.25, -0.2) is 0 Å². The summed E-state index contributed by atoms with van der Waals surface area (Å²) in [6, 6.07) is 0. The predicted octanol–water partition coefficient (Wildman–Crippen LogP) is 3.22. The molecule has 86 valence electrons. The van der Waals surface area contributed by atoms with Gasteiger partial charge in [0.25, 0.3) is 0 Å². The van der Waals surface area contributed by atoms with E-state index < -0.39 is 21.7 Å². The molecule has 0 spiro atoms. The molecule has 3 heteroatoms. The van der Waals surface area contributed by atoms with Crippen LogP contribution in [0, 0.1) is 0 Å². The third kappa shape index (κ3) is 5.64. The molecule has 0 bridgehead atoms. The van der Waals surface area contributed by atoms with Crippen LogP contribution in [-0.4, -0.2) is 36.9 Å². The number of rotatable bonds is 7. The number of hydrogen-bond acceptors (Lipinski definition) is 2. The van der Waals surface area contributed by atoms with Crippen molar-refractivity contribution in [3.05, 3.63) is 11.8 Å². The average molecular weight is 313 g/mol. The Morgan fingerprint density at radius 3 is 2.13 bits per heavy atom. The van der Waals surface area contributed by atoms with Gasteiger partial charge in [-0.2, -0.15) is 0 Å². The van der Waals surface area contributed by atoms with Gasteiger partial charge in [0.2, 0.25) is 0 Å². The van der Waals surface area contributed by atoms with Crippen LogP contribution in [0.25, 0.3) is 0 Å². The quantitative estimate of drug-likeness (QED) is 0.673. The van der Waals surface area contributed by atoms with Gasteiger partial charge in [-0.3, -0.25) is 0 Å². The molecule has 0 aromatic rings.